The summed E-state index contributed by atoms with van der Waals surface area (Å²) < 4.78 is 2.93. The van der Waals surface area contributed by atoms with Crippen LogP contribution in [0, 0.1) is 0 Å². The number of nitrogens with zero attached hydrogens (tertiary/aromatic N) is 6. The van der Waals surface area contributed by atoms with Crippen LogP contribution in [0.1, 0.15) is 37.3 Å². The molecule has 24 heavy (non-hydrogen) atoms. The van der Waals surface area contributed by atoms with Gasteiger partial charge in [-0.1, -0.05) is 25.0 Å². The Morgan fingerprint density at radius 2 is 1.83 bits per heavy atom. The van der Waals surface area contributed by atoms with Gasteiger partial charge in [0.2, 0.25) is 0 Å². The average Bonchev–Trinajstić information content (AvgIpc) is 3.27. The zero-order chi connectivity index (χ0) is 16.4. The number of pyridine rings is 2. The van der Waals surface area contributed by atoms with Gasteiger partial charge in [-0.15, -0.1) is 0 Å². The summed E-state index contributed by atoms with van der Waals surface area (Å²) in [4.78, 5) is 21.1. The largest absolute Gasteiger partial charge is 0.364 e. The summed E-state index contributed by atoms with van der Waals surface area (Å²) in [6.45, 7) is 0.376. The van der Waals surface area contributed by atoms with Crippen molar-refractivity contribution in [3.63, 3.8) is 0 Å². The van der Waals surface area contributed by atoms with Crippen molar-refractivity contribution in [3.8, 4) is 11.4 Å². The summed E-state index contributed by atoms with van der Waals surface area (Å²) in [6, 6.07) is 9.77. The summed E-state index contributed by atoms with van der Waals surface area (Å²) in [6.07, 6.45) is 7.83. The van der Waals surface area contributed by atoms with Crippen LogP contribution in [0.5, 0.6) is 0 Å². The Hall–Kier alpha value is -2.83. The summed E-state index contributed by atoms with van der Waals surface area (Å²) in [5, 5.41) is 8.06. The first-order chi connectivity index (χ1) is 11.8. The number of aromatic nitrogens is 6. The normalized spacial score (nSPS) is 15.0. The maximum absolute atomic E-state index is 12.4. The molecule has 7 heteroatoms. The van der Waals surface area contributed by atoms with Gasteiger partial charge in [-0.2, -0.15) is 9.36 Å². The van der Waals surface area contributed by atoms with Crippen molar-refractivity contribution in [1.82, 2.24) is 29.8 Å². The van der Waals surface area contributed by atoms with E-state index in [9.17, 15) is 4.79 Å². The Morgan fingerprint density at radius 1 is 1.00 bits per heavy atom. The molecular weight excluding hydrogens is 304 g/mol. The SMILES string of the molecule is O=c1n(Cc2ccc(-c3ccccn3)nc2)nnn1C1CCCC1. The Morgan fingerprint density at radius 3 is 2.54 bits per heavy atom. The molecule has 1 aliphatic rings. The molecule has 1 saturated carbocycles. The smallest absolute Gasteiger partial charge is 0.255 e. The molecule has 0 spiro atoms. The van der Waals surface area contributed by atoms with Crippen LogP contribution in [0.4, 0.5) is 0 Å². The third-order valence-corrected chi connectivity index (χ3v) is 4.42. The molecular formula is C17H18N6O. The van der Waals surface area contributed by atoms with Gasteiger partial charge in [-0.3, -0.25) is 9.97 Å². The predicted octanol–water partition coefficient (Wildman–Crippen LogP) is 2.06. The lowest BCUT2D eigenvalue weighted by Crippen LogP contribution is -2.28. The molecule has 1 aliphatic carbocycles. The highest BCUT2D eigenvalue weighted by Gasteiger charge is 2.21. The van der Waals surface area contributed by atoms with E-state index in [0.29, 0.717) is 6.54 Å². The Kier molecular flexibility index (Phi) is 3.90. The molecule has 1 fully saturated rings. The number of hydrogen-bond donors (Lipinski definition) is 0. The maximum atomic E-state index is 12.4. The molecule has 3 heterocycles. The third kappa shape index (κ3) is 2.84. The Labute approximate surface area is 139 Å². The van der Waals surface area contributed by atoms with Crippen molar-refractivity contribution in [2.24, 2.45) is 0 Å². The number of tetrazole rings is 1. The van der Waals surface area contributed by atoms with E-state index in [-0.39, 0.29) is 11.7 Å². The minimum absolute atomic E-state index is 0.143. The second-order valence-electron chi connectivity index (χ2n) is 6.07. The lowest BCUT2D eigenvalue weighted by molar-refractivity contribution is 0.441. The van der Waals surface area contributed by atoms with Crippen LogP contribution >= 0.6 is 0 Å². The predicted molar refractivity (Wildman–Crippen MR) is 88.4 cm³/mol. The number of rotatable bonds is 4. The molecule has 0 saturated heterocycles. The van der Waals surface area contributed by atoms with Crippen LogP contribution < -0.4 is 5.69 Å². The van der Waals surface area contributed by atoms with Crippen molar-refractivity contribution < 1.29 is 0 Å². The molecule has 0 atom stereocenters. The topological polar surface area (TPSA) is 78.5 Å². The quantitative estimate of drug-likeness (QED) is 0.734. The van der Waals surface area contributed by atoms with Gasteiger partial charge in [-0.05, 0) is 47.0 Å². The van der Waals surface area contributed by atoms with Gasteiger partial charge in [0.25, 0.3) is 0 Å². The highest BCUT2D eigenvalue weighted by atomic mass is 16.2. The standard InChI is InChI=1S/C17H18N6O/c24-17-22(20-21-23(17)14-5-1-2-6-14)12-13-8-9-16(19-11-13)15-7-3-4-10-18-15/h3-4,7-11,14H,1-2,5-6,12H2. The zero-order valence-electron chi connectivity index (χ0n) is 13.2. The Balaban J connectivity index is 1.53. The van der Waals surface area contributed by atoms with E-state index in [1.807, 2.05) is 30.3 Å². The summed E-state index contributed by atoms with van der Waals surface area (Å²) in [5.74, 6) is 0. The molecule has 0 N–H and O–H groups in total. The molecule has 0 unspecified atom stereocenters. The van der Waals surface area contributed by atoms with Crippen LogP contribution in [0.25, 0.3) is 11.4 Å². The molecule has 4 rings (SSSR count). The van der Waals surface area contributed by atoms with Gasteiger partial charge in [0.1, 0.15) is 0 Å². The lowest BCUT2D eigenvalue weighted by Gasteiger charge is -2.05. The minimum atomic E-state index is -0.143. The molecule has 0 aromatic carbocycles. The Bertz CT molecular complexity index is 862. The van der Waals surface area contributed by atoms with E-state index in [2.05, 4.69) is 20.4 Å². The van der Waals surface area contributed by atoms with Crippen molar-refractivity contribution in [2.75, 3.05) is 0 Å². The summed E-state index contributed by atoms with van der Waals surface area (Å²) >= 11 is 0. The molecule has 122 valence electrons. The molecule has 0 aliphatic heterocycles. The fourth-order valence-corrected chi connectivity index (χ4v) is 3.12. The lowest BCUT2D eigenvalue weighted by atomic mass is 10.2. The van der Waals surface area contributed by atoms with Gasteiger partial charge in [0, 0.05) is 12.4 Å². The highest BCUT2D eigenvalue weighted by Crippen LogP contribution is 2.27. The molecule has 0 radical (unpaired) electrons. The van der Waals surface area contributed by atoms with E-state index < -0.39 is 0 Å². The van der Waals surface area contributed by atoms with E-state index >= 15 is 0 Å². The monoisotopic (exact) mass is 322 g/mol. The molecule has 3 aromatic heterocycles. The first-order valence-corrected chi connectivity index (χ1v) is 8.20. The second kappa shape index (κ2) is 6.35. The fourth-order valence-electron chi connectivity index (χ4n) is 3.12. The first-order valence-electron chi connectivity index (χ1n) is 8.20. The average molecular weight is 322 g/mol. The van der Waals surface area contributed by atoms with Crippen molar-refractivity contribution in [1.29, 1.82) is 0 Å². The van der Waals surface area contributed by atoms with Gasteiger partial charge < -0.3 is 0 Å². The van der Waals surface area contributed by atoms with Gasteiger partial charge in [0.05, 0.1) is 24.0 Å². The van der Waals surface area contributed by atoms with Crippen molar-refractivity contribution in [2.45, 2.75) is 38.3 Å². The first kappa shape index (κ1) is 14.7. The molecule has 7 nitrogen and oxygen atoms in total. The van der Waals surface area contributed by atoms with Gasteiger partial charge >= 0.3 is 5.69 Å². The van der Waals surface area contributed by atoms with Crippen LogP contribution in [0.15, 0.2) is 47.5 Å². The van der Waals surface area contributed by atoms with E-state index in [0.717, 1.165) is 42.6 Å². The second-order valence-corrected chi connectivity index (χ2v) is 6.07. The van der Waals surface area contributed by atoms with E-state index in [1.54, 1.807) is 12.4 Å². The maximum Gasteiger partial charge on any atom is 0.364 e. The van der Waals surface area contributed by atoms with Gasteiger partial charge in [0.15, 0.2) is 0 Å². The van der Waals surface area contributed by atoms with Crippen LogP contribution in [0.2, 0.25) is 0 Å². The van der Waals surface area contributed by atoms with Crippen molar-refractivity contribution in [3.05, 3.63) is 58.8 Å². The van der Waals surface area contributed by atoms with Crippen molar-refractivity contribution >= 4 is 0 Å². The van der Waals surface area contributed by atoms with Crippen LogP contribution in [-0.2, 0) is 6.54 Å². The molecule has 0 amide bonds. The third-order valence-electron chi connectivity index (χ3n) is 4.42. The van der Waals surface area contributed by atoms with E-state index in [1.165, 1.54) is 9.36 Å². The highest BCUT2D eigenvalue weighted by molar-refractivity contribution is 5.53. The van der Waals surface area contributed by atoms with Crippen LogP contribution in [0.3, 0.4) is 0 Å². The molecule has 3 aromatic rings. The fraction of sp³-hybridized carbons (Fsp3) is 0.353. The molecule has 0 bridgehead atoms. The summed E-state index contributed by atoms with van der Waals surface area (Å²) in [7, 11) is 0. The van der Waals surface area contributed by atoms with Crippen LogP contribution in [-0.4, -0.2) is 29.8 Å². The van der Waals surface area contributed by atoms with E-state index in [4.69, 9.17) is 0 Å². The van der Waals surface area contributed by atoms with Gasteiger partial charge in [-0.25, -0.2) is 4.79 Å². The zero-order valence-corrected chi connectivity index (χ0v) is 13.2. The number of hydrogen-bond acceptors (Lipinski definition) is 5. The summed E-state index contributed by atoms with van der Waals surface area (Å²) in [5.41, 5.74) is 2.40. The minimum Gasteiger partial charge on any atom is -0.255 e.